The Morgan fingerprint density at radius 3 is 2.68 bits per heavy atom. The van der Waals surface area contributed by atoms with E-state index in [1.54, 1.807) is 11.3 Å². The van der Waals surface area contributed by atoms with E-state index in [9.17, 15) is 4.79 Å². The van der Waals surface area contributed by atoms with E-state index in [1.807, 2.05) is 32.3 Å². The fraction of sp³-hybridized carbons (Fsp3) is 0.750. The van der Waals surface area contributed by atoms with Crippen LogP contribution in [0.3, 0.4) is 0 Å². The summed E-state index contributed by atoms with van der Waals surface area (Å²) >= 11 is 1.65. The minimum atomic E-state index is -0.460. The van der Waals surface area contributed by atoms with Gasteiger partial charge in [-0.2, -0.15) is 0 Å². The van der Waals surface area contributed by atoms with E-state index in [4.69, 9.17) is 4.74 Å². The quantitative estimate of drug-likeness (QED) is 0.832. The molecule has 2 atom stereocenters. The molecule has 1 fully saturated rings. The number of amides is 1. The molecule has 22 heavy (non-hydrogen) atoms. The van der Waals surface area contributed by atoms with Crippen LogP contribution < -0.4 is 10.6 Å². The Labute approximate surface area is 136 Å². The van der Waals surface area contributed by atoms with Gasteiger partial charge in [0.2, 0.25) is 0 Å². The number of ether oxygens (including phenoxy) is 1. The zero-order valence-electron chi connectivity index (χ0n) is 13.7. The second kappa shape index (κ2) is 7.92. The molecule has 1 saturated carbocycles. The Morgan fingerprint density at radius 1 is 1.32 bits per heavy atom. The highest BCUT2D eigenvalue weighted by molar-refractivity contribution is 7.09. The lowest BCUT2D eigenvalue weighted by Crippen LogP contribution is -2.50. The van der Waals surface area contributed by atoms with Crippen molar-refractivity contribution in [1.82, 2.24) is 15.6 Å². The second-order valence-electron chi connectivity index (χ2n) is 6.80. The fourth-order valence-corrected chi connectivity index (χ4v) is 3.31. The number of alkyl carbamates (subject to hydrolysis) is 1. The van der Waals surface area contributed by atoms with Crippen LogP contribution in [0, 0.1) is 0 Å². The van der Waals surface area contributed by atoms with Gasteiger partial charge < -0.3 is 15.4 Å². The molecule has 2 N–H and O–H groups in total. The molecule has 1 aliphatic carbocycles. The van der Waals surface area contributed by atoms with Crippen molar-refractivity contribution >= 4 is 17.4 Å². The first kappa shape index (κ1) is 17.2. The highest BCUT2D eigenvalue weighted by Crippen LogP contribution is 2.19. The van der Waals surface area contributed by atoms with Gasteiger partial charge in [0.1, 0.15) is 10.6 Å². The summed E-state index contributed by atoms with van der Waals surface area (Å²) in [5.41, 5.74) is -0.460. The average Bonchev–Trinajstić information content (AvgIpc) is 2.83. The van der Waals surface area contributed by atoms with Gasteiger partial charge in [-0.05, 0) is 33.6 Å². The van der Waals surface area contributed by atoms with Crippen LogP contribution in [-0.2, 0) is 11.3 Å². The Balaban J connectivity index is 1.90. The molecule has 1 aromatic heterocycles. The van der Waals surface area contributed by atoms with E-state index >= 15 is 0 Å². The molecule has 0 aliphatic heterocycles. The van der Waals surface area contributed by atoms with Crippen LogP contribution in [0.4, 0.5) is 4.79 Å². The number of aromatic nitrogens is 1. The number of hydrogen-bond acceptors (Lipinski definition) is 5. The monoisotopic (exact) mass is 325 g/mol. The summed E-state index contributed by atoms with van der Waals surface area (Å²) in [4.78, 5) is 16.3. The van der Waals surface area contributed by atoms with E-state index in [2.05, 4.69) is 15.6 Å². The molecule has 0 bridgehead atoms. The lowest BCUT2D eigenvalue weighted by atomic mass is 10.0. The summed E-state index contributed by atoms with van der Waals surface area (Å²) in [5.74, 6) is 0. The van der Waals surface area contributed by atoms with E-state index in [1.165, 1.54) is 12.8 Å². The van der Waals surface area contributed by atoms with Crippen molar-refractivity contribution in [3.63, 3.8) is 0 Å². The van der Waals surface area contributed by atoms with Crippen LogP contribution in [0.15, 0.2) is 11.6 Å². The van der Waals surface area contributed by atoms with Gasteiger partial charge in [0.05, 0.1) is 0 Å². The van der Waals surface area contributed by atoms with Gasteiger partial charge in [-0.3, -0.25) is 0 Å². The summed E-state index contributed by atoms with van der Waals surface area (Å²) in [6.07, 6.45) is 7.14. The summed E-state index contributed by atoms with van der Waals surface area (Å²) < 4.78 is 5.39. The third-order valence-electron chi connectivity index (χ3n) is 3.72. The minimum absolute atomic E-state index is 0.123. The van der Waals surface area contributed by atoms with Crippen molar-refractivity contribution in [2.75, 3.05) is 0 Å². The molecule has 2 rings (SSSR count). The van der Waals surface area contributed by atoms with Crippen molar-refractivity contribution < 1.29 is 9.53 Å². The molecule has 124 valence electrons. The zero-order valence-corrected chi connectivity index (χ0v) is 14.5. The largest absolute Gasteiger partial charge is 0.444 e. The van der Waals surface area contributed by atoms with Crippen molar-refractivity contribution in [1.29, 1.82) is 0 Å². The second-order valence-corrected chi connectivity index (χ2v) is 7.78. The van der Waals surface area contributed by atoms with Gasteiger partial charge in [-0.1, -0.05) is 19.3 Å². The predicted octanol–water partition coefficient (Wildman–Crippen LogP) is 3.46. The van der Waals surface area contributed by atoms with E-state index < -0.39 is 5.60 Å². The SMILES string of the molecule is CC(C)(C)OC(=O)NC1CCCCCC1NCc1nccs1. The lowest BCUT2D eigenvalue weighted by molar-refractivity contribution is 0.0489. The maximum Gasteiger partial charge on any atom is 0.407 e. The number of carbonyl (C=O) groups is 1. The van der Waals surface area contributed by atoms with Crippen LogP contribution in [0.1, 0.15) is 57.9 Å². The molecule has 1 heterocycles. The van der Waals surface area contributed by atoms with Crippen molar-refractivity contribution in [2.24, 2.45) is 0 Å². The zero-order chi connectivity index (χ0) is 16.0. The first-order valence-electron chi connectivity index (χ1n) is 8.05. The maximum absolute atomic E-state index is 12.0. The first-order valence-corrected chi connectivity index (χ1v) is 8.93. The third-order valence-corrected chi connectivity index (χ3v) is 4.50. The molecule has 6 heteroatoms. The lowest BCUT2D eigenvalue weighted by Gasteiger charge is -2.28. The number of carbonyl (C=O) groups excluding carboxylic acids is 1. The number of nitrogens with one attached hydrogen (secondary N) is 2. The Hall–Kier alpha value is -1.14. The molecule has 1 aliphatic rings. The summed E-state index contributed by atoms with van der Waals surface area (Å²) in [6.45, 7) is 6.42. The summed E-state index contributed by atoms with van der Waals surface area (Å²) in [5, 5.41) is 9.69. The molecule has 0 saturated heterocycles. The van der Waals surface area contributed by atoms with Crippen LogP contribution in [0.2, 0.25) is 0 Å². The van der Waals surface area contributed by atoms with Gasteiger partial charge >= 0.3 is 6.09 Å². The smallest absolute Gasteiger partial charge is 0.407 e. The topological polar surface area (TPSA) is 63.2 Å². The van der Waals surface area contributed by atoms with Crippen molar-refractivity contribution in [2.45, 2.75) is 77.1 Å². The van der Waals surface area contributed by atoms with Crippen molar-refractivity contribution in [3.8, 4) is 0 Å². The molecular weight excluding hydrogens is 298 g/mol. The number of thiazole rings is 1. The Bertz CT molecular complexity index is 456. The van der Waals surface area contributed by atoms with Gasteiger partial charge in [0, 0.05) is 30.2 Å². The third kappa shape index (κ3) is 5.93. The maximum atomic E-state index is 12.0. The van der Waals surface area contributed by atoms with Gasteiger partial charge in [0.15, 0.2) is 0 Å². The minimum Gasteiger partial charge on any atom is -0.444 e. The number of nitrogens with zero attached hydrogens (tertiary/aromatic N) is 1. The molecule has 1 aromatic rings. The van der Waals surface area contributed by atoms with Crippen LogP contribution in [-0.4, -0.2) is 28.8 Å². The van der Waals surface area contributed by atoms with Crippen LogP contribution >= 0.6 is 11.3 Å². The molecule has 1 amide bonds. The molecule has 0 radical (unpaired) electrons. The standard InChI is InChI=1S/C16H27N3O2S/c1-16(2,3)21-15(20)19-13-8-6-4-5-7-12(13)18-11-14-17-9-10-22-14/h9-10,12-13,18H,4-8,11H2,1-3H3,(H,19,20). The molecule has 2 unspecified atom stereocenters. The van der Waals surface area contributed by atoms with E-state index in [0.717, 1.165) is 30.8 Å². The highest BCUT2D eigenvalue weighted by atomic mass is 32.1. The van der Waals surface area contributed by atoms with Gasteiger partial charge in [0.25, 0.3) is 0 Å². The molecule has 5 nitrogen and oxygen atoms in total. The normalized spacial score (nSPS) is 22.9. The van der Waals surface area contributed by atoms with E-state index in [-0.39, 0.29) is 18.2 Å². The number of hydrogen-bond donors (Lipinski definition) is 2. The molecule has 0 aromatic carbocycles. The van der Waals surface area contributed by atoms with Crippen LogP contribution in [0.5, 0.6) is 0 Å². The van der Waals surface area contributed by atoms with Gasteiger partial charge in [-0.15, -0.1) is 11.3 Å². The molecular formula is C16H27N3O2S. The summed E-state index contributed by atoms with van der Waals surface area (Å²) in [7, 11) is 0. The van der Waals surface area contributed by atoms with Crippen molar-refractivity contribution in [3.05, 3.63) is 16.6 Å². The number of rotatable bonds is 4. The summed E-state index contributed by atoms with van der Waals surface area (Å²) in [6, 6.07) is 0.399. The Morgan fingerprint density at radius 2 is 2.05 bits per heavy atom. The van der Waals surface area contributed by atoms with E-state index in [0.29, 0.717) is 0 Å². The Kier molecular flexibility index (Phi) is 6.20. The van der Waals surface area contributed by atoms with Crippen LogP contribution in [0.25, 0.3) is 0 Å². The first-order chi connectivity index (χ1) is 10.4. The molecule has 0 spiro atoms. The average molecular weight is 325 g/mol. The highest BCUT2D eigenvalue weighted by Gasteiger charge is 2.27. The van der Waals surface area contributed by atoms with Gasteiger partial charge in [-0.25, -0.2) is 9.78 Å². The fourth-order valence-electron chi connectivity index (χ4n) is 2.74. The predicted molar refractivity (Wildman–Crippen MR) is 89.0 cm³/mol.